The monoisotopic (exact) mass is 321 g/mol. The van der Waals surface area contributed by atoms with Gasteiger partial charge in [-0.05, 0) is 4.98 Å². The predicted octanol–water partition coefficient (Wildman–Crippen LogP) is 2.28. The topological polar surface area (TPSA) is 16.8 Å². The maximum atomic E-state index is 4.48. The van der Waals surface area contributed by atoms with E-state index in [1.54, 1.807) is 0 Å². The molecule has 1 aromatic rings. The van der Waals surface area contributed by atoms with Crippen molar-refractivity contribution < 1.29 is 4.57 Å². The van der Waals surface area contributed by atoms with Gasteiger partial charge in [0.1, 0.15) is 0 Å². The zero-order valence-electron chi connectivity index (χ0n) is 6.89. The Labute approximate surface area is 94.1 Å². The minimum Gasteiger partial charge on any atom is -0.222 e. The van der Waals surface area contributed by atoms with E-state index in [9.17, 15) is 0 Å². The van der Waals surface area contributed by atoms with E-state index in [2.05, 4.69) is 50.9 Å². The summed E-state index contributed by atoms with van der Waals surface area (Å²) in [5.74, 6) is 1.64. The van der Waals surface area contributed by atoms with Gasteiger partial charge in [-0.15, -0.1) is 0 Å². The van der Waals surface area contributed by atoms with Gasteiger partial charge in [0.05, 0.1) is 6.20 Å². The Hall–Kier alpha value is 0.150. The van der Waals surface area contributed by atoms with Crippen molar-refractivity contribution in [1.29, 1.82) is 0 Å². The molecule has 66 valence electrons. The summed E-state index contributed by atoms with van der Waals surface area (Å²) >= 11 is 2.24. The van der Waals surface area contributed by atoms with Gasteiger partial charge in [0.15, 0.2) is 11.4 Å². The van der Waals surface area contributed by atoms with Crippen LogP contribution in [-0.2, 0) is 0 Å². The molecule has 1 aliphatic rings. The summed E-state index contributed by atoms with van der Waals surface area (Å²) in [6, 6.07) is 2.03. The lowest BCUT2D eigenvalue weighted by atomic mass is 10.2. The van der Waals surface area contributed by atoms with Gasteiger partial charge in [0.25, 0.3) is 0 Å². The van der Waals surface area contributed by atoms with E-state index in [0.29, 0.717) is 11.4 Å². The largest absolute Gasteiger partial charge is 0.316 e. The van der Waals surface area contributed by atoms with Gasteiger partial charge < -0.3 is 0 Å². The van der Waals surface area contributed by atoms with E-state index in [1.165, 1.54) is 0 Å². The summed E-state index contributed by atoms with van der Waals surface area (Å²) in [4.78, 5) is 4.48. The van der Waals surface area contributed by atoms with E-state index in [0.717, 1.165) is 25.9 Å². The van der Waals surface area contributed by atoms with Gasteiger partial charge in [-0.2, -0.15) is 0 Å². The molecule has 2 rings (SSSR count). The smallest absolute Gasteiger partial charge is 0.222 e. The van der Waals surface area contributed by atoms with Gasteiger partial charge in [-0.25, -0.2) is 4.57 Å². The van der Waals surface area contributed by atoms with Crippen LogP contribution in [0.2, 0.25) is 0 Å². The first kappa shape index (κ1) is 9.70. The highest BCUT2D eigenvalue weighted by molar-refractivity contribution is 14.1. The van der Waals surface area contributed by atoms with Crippen LogP contribution in [0.5, 0.6) is 0 Å². The number of aromatic nitrogens is 2. The van der Waals surface area contributed by atoms with Crippen LogP contribution in [0.15, 0.2) is 12.3 Å². The zero-order chi connectivity index (χ0) is 9.42. The Morgan fingerprint density at radius 3 is 2.85 bits per heavy atom. The number of fused-ring (bicyclic) bond motifs is 1. The summed E-state index contributed by atoms with van der Waals surface area (Å²) in [6.07, 6.45) is 9.93. The van der Waals surface area contributed by atoms with Crippen molar-refractivity contribution in [3.05, 3.63) is 21.8 Å². The third-order valence-corrected chi connectivity index (χ3v) is 4.74. The molecule has 1 aromatic heterocycles. The molecule has 2 unspecified atom stereocenters. The summed E-state index contributed by atoms with van der Waals surface area (Å²) in [7, 11) is 2.30. The Morgan fingerprint density at radius 1 is 1.46 bits per heavy atom. The first-order valence-corrected chi connectivity index (χ1v) is 7.15. The molecule has 0 saturated carbocycles. The molecule has 0 radical (unpaired) electrons. The summed E-state index contributed by atoms with van der Waals surface area (Å²) in [5, 5.41) is 0. The summed E-state index contributed by atoms with van der Waals surface area (Å²) in [6.45, 7) is 0. The number of rotatable bonds is 2. The van der Waals surface area contributed by atoms with Crippen LogP contribution in [0.1, 0.15) is 17.3 Å². The van der Waals surface area contributed by atoms with Gasteiger partial charge in [-0.1, -0.05) is 29.0 Å². The number of hydrogen-bond donors (Lipinski definition) is 0. The molecule has 0 N–H and O–H groups in total. The van der Waals surface area contributed by atoms with E-state index in [1.807, 2.05) is 6.07 Å². The second-order valence-corrected chi connectivity index (χ2v) is 5.66. The molecule has 0 aliphatic carbocycles. The summed E-state index contributed by atoms with van der Waals surface area (Å²) < 4.78 is 3.25. The number of nitrogens with zero attached hydrogens (tertiary/aromatic N) is 2. The van der Waals surface area contributed by atoms with Crippen LogP contribution >= 0.6 is 39.0 Å². The van der Waals surface area contributed by atoms with Crippen LogP contribution in [-0.4, -0.2) is 17.6 Å². The highest BCUT2D eigenvalue weighted by Gasteiger charge is 2.44. The minimum absolute atomic E-state index is 0.480. The van der Waals surface area contributed by atoms with Crippen molar-refractivity contribution in [1.82, 2.24) is 4.98 Å². The summed E-state index contributed by atoms with van der Waals surface area (Å²) in [5.41, 5.74) is 0.480. The van der Waals surface area contributed by atoms with Crippen LogP contribution < -0.4 is 4.57 Å². The van der Waals surface area contributed by atoms with E-state index < -0.39 is 0 Å². The zero-order valence-corrected chi connectivity index (χ0v) is 10.8. The second kappa shape index (κ2) is 3.72. The Bertz CT molecular complexity index is 380. The quantitative estimate of drug-likeness (QED) is 0.353. The molecule has 2 heterocycles. The average Bonchev–Trinajstić information content (AvgIpc) is 2.11. The van der Waals surface area contributed by atoms with Gasteiger partial charge in [0.2, 0.25) is 3.70 Å². The van der Waals surface area contributed by atoms with Crippen LogP contribution in [0.4, 0.5) is 0 Å². The molecular weight excluding hydrogens is 313 g/mol. The second-order valence-electron chi connectivity index (χ2n) is 2.74. The van der Waals surface area contributed by atoms with Crippen LogP contribution in [0, 0.1) is 3.70 Å². The van der Waals surface area contributed by atoms with Crippen molar-refractivity contribution in [3.8, 4) is 0 Å². The van der Waals surface area contributed by atoms with Crippen molar-refractivity contribution in [2.75, 3.05) is 0 Å². The third kappa shape index (κ3) is 1.47. The van der Waals surface area contributed by atoms with Crippen molar-refractivity contribution >= 4 is 51.6 Å². The molecular formula is C8H8IN2P2+. The Morgan fingerprint density at radius 2 is 2.23 bits per heavy atom. The highest BCUT2D eigenvalue weighted by Crippen LogP contribution is 2.45. The molecule has 0 aromatic carbocycles. The maximum Gasteiger partial charge on any atom is 0.316 e. The molecule has 0 bridgehead atoms. The molecule has 5 heteroatoms. The standard InChI is InChI=1S/C8H8IN2P2/c1-12-6-7-10-5(9)3-4-11(7)8(6)13-2/h3-4,6,8H,1-2H2/q+1. The molecule has 0 amide bonds. The van der Waals surface area contributed by atoms with Crippen molar-refractivity contribution in [3.63, 3.8) is 0 Å². The number of halogens is 1. The molecule has 0 fully saturated rings. The minimum atomic E-state index is 0.480. The first-order valence-electron chi connectivity index (χ1n) is 3.77. The lowest BCUT2D eigenvalue weighted by Crippen LogP contribution is -2.54. The average molecular weight is 321 g/mol. The van der Waals surface area contributed by atoms with Crippen LogP contribution in [0.25, 0.3) is 0 Å². The fourth-order valence-corrected chi connectivity index (χ4v) is 3.80. The highest BCUT2D eigenvalue weighted by atomic mass is 127. The lowest BCUT2D eigenvalue weighted by Gasteiger charge is -2.26. The fourth-order valence-electron chi connectivity index (χ4n) is 1.43. The van der Waals surface area contributed by atoms with Gasteiger partial charge in [0, 0.05) is 28.7 Å². The SMILES string of the molecule is C=PC1c2nc(I)cc[n+]2C1P=C. The van der Waals surface area contributed by atoms with E-state index in [-0.39, 0.29) is 0 Å². The molecule has 0 spiro atoms. The van der Waals surface area contributed by atoms with Crippen molar-refractivity contribution in [2.45, 2.75) is 11.4 Å². The molecule has 0 saturated heterocycles. The Balaban J connectivity index is 2.48. The van der Waals surface area contributed by atoms with E-state index in [4.69, 9.17) is 0 Å². The molecule has 1 aliphatic heterocycles. The van der Waals surface area contributed by atoms with Crippen LogP contribution in [0.3, 0.4) is 0 Å². The normalized spacial score (nSPS) is 25.6. The van der Waals surface area contributed by atoms with Gasteiger partial charge in [-0.3, -0.25) is 0 Å². The lowest BCUT2D eigenvalue weighted by molar-refractivity contribution is -0.749. The fraction of sp³-hybridized carbons (Fsp3) is 0.250. The van der Waals surface area contributed by atoms with E-state index >= 15 is 0 Å². The predicted molar refractivity (Wildman–Crippen MR) is 67.0 cm³/mol. The van der Waals surface area contributed by atoms with Crippen molar-refractivity contribution in [2.24, 2.45) is 0 Å². The third-order valence-electron chi connectivity index (χ3n) is 2.07. The first-order chi connectivity index (χ1) is 6.27. The Kier molecular flexibility index (Phi) is 2.77. The molecule has 2 atom stereocenters. The maximum absolute atomic E-state index is 4.48. The number of hydrogen-bond acceptors (Lipinski definition) is 1. The van der Waals surface area contributed by atoms with Gasteiger partial charge >= 0.3 is 5.82 Å². The molecule has 2 nitrogen and oxygen atoms in total. The molecule has 13 heavy (non-hydrogen) atoms.